The Morgan fingerprint density at radius 1 is 1.11 bits per heavy atom. The van der Waals surface area contributed by atoms with E-state index >= 15 is 0 Å². The van der Waals surface area contributed by atoms with Gasteiger partial charge in [-0.05, 0) is 12.1 Å². The fraction of sp³-hybridized carbons (Fsp3) is 0.360. The molecule has 8 nitrogen and oxygen atoms in total. The molecule has 0 bridgehead atoms. The molecule has 0 amide bonds. The van der Waals surface area contributed by atoms with E-state index in [0.29, 0.717) is 33.8 Å². The highest BCUT2D eigenvalue weighted by atomic mass is 19.4. The first kappa shape index (κ1) is 25.2. The van der Waals surface area contributed by atoms with Gasteiger partial charge in [0.2, 0.25) is 5.88 Å². The Bertz CT molecular complexity index is 1460. The van der Waals surface area contributed by atoms with Crippen LogP contribution in [-0.4, -0.2) is 45.1 Å². The summed E-state index contributed by atoms with van der Waals surface area (Å²) in [5.74, 6) is 0.402. The van der Waals surface area contributed by atoms with Crippen molar-refractivity contribution >= 4 is 11.0 Å². The van der Waals surface area contributed by atoms with E-state index in [1.165, 1.54) is 31.4 Å². The summed E-state index contributed by atoms with van der Waals surface area (Å²) in [5, 5.41) is 14.4. The first-order valence-corrected chi connectivity index (χ1v) is 11.1. The number of aromatic nitrogens is 5. The van der Waals surface area contributed by atoms with Gasteiger partial charge in [-0.1, -0.05) is 39.0 Å². The van der Waals surface area contributed by atoms with Crippen LogP contribution >= 0.6 is 0 Å². The van der Waals surface area contributed by atoms with E-state index in [2.05, 4.69) is 26.1 Å². The van der Waals surface area contributed by atoms with Gasteiger partial charge in [-0.2, -0.15) is 23.5 Å². The molecule has 0 aliphatic heterocycles. The highest BCUT2D eigenvalue weighted by Crippen LogP contribution is 2.39. The lowest BCUT2D eigenvalue weighted by Crippen LogP contribution is -2.14. The molecule has 3 heterocycles. The fourth-order valence-corrected chi connectivity index (χ4v) is 3.94. The number of alkyl halides is 3. The largest absolute Gasteiger partial charge is 0.474 e. The van der Waals surface area contributed by atoms with Gasteiger partial charge >= 0.3 is 6.18 Å². The lowest BCUT2D eigenvalue weighted by molar-refractivity contribution is -0.137. The molecule has 4 rings (SSSR count). The Morgan fingerprint density at radius 3 is 2.47 bits per heavy atom. The summed E-state index contributed by atoms with van der Waals surface area (Å²) in [4.78, 5) is 12.1. The Kier molecular flexibility index (Phi) is 6.49. The van der Waals surface area contributed by atoms with Crippen LogP contribution in [0.3, 0.4) is 0 Å². The molecule has 0 saturated carbocycles. The number of rotatable bonds is 6. The molecule has 36 heavy (non-hydrogen) atoms. The van der Waals surface area contributed by atoms with E-state index in [0.717, 1.165) is 6.07 Å². The number of hydrogen-bond donors (Lipinski definition) is 1. The number of H-pyrrole nitrogens is 1. The van der Waals surface area contributed by atoms with E-state index in [4.69, 9.17) is 9.47 Å². The molecule has 188 valence electrons. The Hall–Kier alpha value is -3.91. The predicted octanol–water partition coefficient (Wildman–Crippen LogP) is 5.24. The number of aryl methyl sites for hydroxylation is 1. The number of imidazole rings is 1. The van der Waals surface area contributed by atoms with Gasteiger partial charge < -0.3 is 14.5 Å². The first-order valence-electron chi connectivity index (χ1n) is 11.1. The standard InChI is InChI=1S/C25H25F3N6O2/c1-24(2,3)21-15(13-29)20(34(4)33-21)22-30-18-12-17(14-8-6-7-9-16(14)25(26,27)28)31-23(19(18)32-22)36-11-10-35-5/h6-9,12H,10-11H2,1-5H3,(H,30,32). The molecule has 0 saturated heterocycles. The third-order valence-corrected chi connectivity index (χ3v) is 5.57. The van der Waals surface area contributed by atoms with E-state index in [9.17, 15) is 18.4 Å². The van der Waals surface area contributed by atoms with Crippen LogP contribution in [0.1, 0.15) is 37.6 Å². The molecule has 1 aromatic carbocycles. The van der Waals surface area contributed by atoms with E-state index in [1.807, 2.05) is 20.8 Å². The summed E-state index contributed by atoms with van der Waals surface area (Å²) in [6, 6.07) is 8.89. The minimum absolute atomic E-state index is 0.0572. The van der Waals surface area contributed by atoms with Gasteiger partial charge in [0.05, 0.1) is 29.1 Å². The lowest BCUT2D eigenvalue weighted by Gasteiger charge is -2.15. The fourth-order valence-electron chi connectivity index (χ4n) is 3.94. The number of benzene rings is 1. The van der Waals surface area contributed by atoms with Crippen molar-refractivity contribution in [2.24, 2.45) is 7.05 Å². The second-order valence-electron chi connectivity index (χ2n) is 9.23. The number of halogens is 3. The summed E-state index contributed by atoms with van der Waals surface area (Å²) >= 11 is 0. The van der Waals surface area contributed by atoms with Crippen molar-refractivity contribution in [2.45, 2.75) is 32.4 Å². The lowest BCUT2D eigenvalue weighted by atomic mass is 9.89. The molecule has 4 aromatic rings. The Labute approximate surface area is 205 Å². The van der Waals surface area contributed by atoms with Crippen LogP contribution in [0, 0.1) is 11.3 Å². The number of methoxy groups -OCH3 is 1. The van der Waals surface area contributed by atoms with Gasteiger partial charge in [-0.15, -0.1) is 0 Å². The van der Waals surface area contributed by atoms with Gasteiger partial charge in [0.25, 0.3) is 0 Å². The van der Waals surface area contributed by atoms with Gasteiger partial charge in [-0.3, -0.25) is 4.68 Å². The van der Waals surface area contributed by atoms with Crippen LogP contribution in [0.15, 0.2) is 30.3 Å². The number of ether oxygens (including phenoxy) is 2. The molecule has 0 unspecified atom stereocenters. The van der Waals surface area contributed by atoms with Crippen LogP contribution < -0.4 is 4.74 Å². The van der Waals surface area contributed by atoms with Crippen LogP contribution in [0.25, 0.3) is 33.8 Å². The van der Waals surface area contributed by atoms with Crippen molar-refractivity contribution < 1.29 is 22.6 Å². The Morgan fingerprint density at radius 2 is 1.83 bits per heavy atom. The van der Waals surface area contributed by atoms with Gasteiger partial charge in [-0.25, -0.2) is 9.97 Å². The molecule has 11 heteroatoms. The maximum absolute atomic E-state index is 13.7. The van der Waals surface area contributed by atoms with Crippen LogP contribution in [0.4, 0.5) is 13.2 Å². The zero-order chi connectivity index (χ0) is 26.3. The molecule has 3 aromatic heterocycles. The number of nitrogens with zero attached hydrogens (tertiary/aromatic N) is 5. The highest BCUT2D eigenvalue weighted by Gasteiger charge is 2.34. The van der Waals surface area contributed by atoms with Crippen molar-refractivity contribution in [3.63, 3.8) is 0 Å². The number of nitrogens with one attached hydrogen (secondary N) is 1. The molecule has 0 spiro atoms. The SMILES string of the molecule is COCCOc1nc(-c2ccccc2C(F)(F)F)cc2nc(-c3c(C#N)c(C(C)(C)C)nn3C)[nH]c12. The molecule has 0 atom stereocenters. The quantitative estimate of drug-likeness (QED) is 0.365. The molecule has 0 fully saturated rings. The molecule has 1 N–H and O–H groups in total. The zero-order valence-electron chi connectivity index (χ0n) is 20.5. The van der Waals surface area contributed by atoms with E-state index in [1.54, 1.807) is 11.7 Å². The van der Waals surface area contributed by atoms with Crippen molar-refractivity contribution in [2.75, 3.05) is 20.3 Å². The number of nitriles is 1. The first-order chi connectivity index (χ1) is 17.0. The smallest absolute Gasteiger partial charge is 0.417 e. The maximum atomic E-state index is 13.7. The van der Waals surface area contributed by atoms with Crippen LogP contribution in [-0.2, 0) is 23.4 Å². The molecule has 0 radical (unpaired) electrons. The second-order valence-corrected chi connectivity index (χ2v) is 9.23. The second kappa shape index (κ2) is 9.28. The number of aromatic amines is 1. The third kappa shape index (κ3) is 4.64. The van der Waals surface area contributed by atoms with Crippen molar-refractivity contribution in [3.8, 4) is 34.7 Å². The van der Waals surface area contributed by atoms with Crippen molar-refractivity contribution in [1.82, 2.24) is 24.7 Å². The summed E-state index contributed by atoms with van der Waals surface area (Å²) in [7, 11) is 3.22. The van der Waals surface area contributed by atoms with Gasteiger partial charge in [0, 0.05) is 25.1 Å². The zero-order valence-corrected chi connectivity index (χ0v) is 20.5. The van der Waals surface area contributed by atoms with Crippen molar-refractivity contribution in [3.05, 3.63) is 47.2 Å². The van der Waals surface area contributed by atoms with Crippen LogP contribution in [0.5, 0.6) is 5.88 Å². The number of pyridine rings is 1. The summed E-state index contributed by atoms with van der Waals surface area (Å²) < 4.78 is 53.5. The molecule has 0 aliphatic rings. The van der Waals surface area contributed by atoms with E-state index < -0.39 is 17.2 Å². The minimum atomic E-state index is -4.57. The maximum Gasteiger partial charge on any atom is 0.417 e. The minimum Gasteiger partial charge on any atom is -0.474 e. The number of hydrogen-bond acceptors (Lipinski definition) is 6. The normalized spacial score (nSPS) is 12.2. The summed E-state index contributed by atoms with van der Waals surface area (Å²) in [5.41, 5.74) is 0.903. The Balaban J connectivity index is 1.94. The number of fused-ring (bicyclic) bond motifs is 1. The molecule has 0 aliphatic carbocycles. The monoisotopic (exact) mass is 498 g/mol. The van der Waals surface area contributed by atoms with Crippen LogP contribution in [0.2, 0.25) is 0 Å². The third-order valence-electron chi connectivity index (χ3n) is 5.57. The van der Waals surface area contributed by atoms with Gasteiger partial charge in [0.15, 0.2) is 5.82 Å². The van der Waals surface area contributed by atoms with E-state index in [-0.39, 0.29) is 30.4 Å². The molecular formula is C25H25F3N6O2. The average Bonchev–Trinajstić information content (AvgIpc) is 3.38. The molecular weight excluding hydrogens is 473 g/mol. The predicted molar refractivity (Wildman–Crippen MR) is 127 cm³/mol. The topological polar surface area (TPSA) is 102 Å². The van der Waals surface area contributed by atoms with Gasteiger partial charge in [0.1, 0.15) is 29.5 Å². The highest BCUT2D eigenvalue weighted by molar-refractivity contribution is 5.87. The van der Waals surface area contributed by atoms with Crippen molar-refractivity contribution in [1.29, 1.82) is 5.26 Å². The summed E-state index contributed by atoms with van der Waals surface area (Å²) in [6.45, 7) is 6.24. The summed E-state index contributed by atoms with van der Waals surface area (Å²) in [6.07, 6.45) is -4.57. The average molecular weight is 499 g/mol.